The SMILES string of the molecule is S=C(Nc1cc(Cl)ccc1Cl)N(Cc1ccncc1)C1CCCC1. The molecule has 2 aromatic rings. The minimum absolute atomic E-state index is 0.455. The monoisotopic (exact) mass is 379 g/mol. The second kappa shape index (κ2) is 8.15. The second-order valence-electron chi connectivity index (χ2n) is 5.98. The number of rotatable bonds is 4. The maximum atomic E-state index is 6.26. The van der Waals surface area contributed by atoms with Crippen molar-refractivity contribution in [2.45, 2.75) is 38.3 Å². The Kier molecular flexibility index (Phi) is 5.93. The van der Waals surface area contributed by atoms with Gasteiger partial charge in [-0.2, -0.15) is 0 Å². The first-order chi connectivity index (χ1) is 11.6. The zero-order valence-corrected chi connectivity index (χ0v) is 15.5. The van der Waals surface area contributed by atoms with E-state index >= 15 is 0 Å². The van der Waals surface area contributed by atoms with E-state index in [1.54, 1.807) is 18.2 Å². The van der Waals surface area contributed by atoms with Crippen molar-refractivity contribution in [3.05, 3.63) is 58.3 Å². The van der Waals surface area contributed by atoms with Crippen LogP contribution in [0, 0.1) is 0 Å². The van der Waals surface area contributed by atoms with Crippen LogP contribution in [0.25, 0.3) is 0 Å². The van der Waals surface area contributed by atoms with Gasteiger partial charge in [0.15, 0.2) is 5.11 Å². The highest BCUT2D eigenvalue weighted by molar-refractivity contribution is 7.80. The van der Waals surface area contributed by atoms with Crippen LogP contribution < -0.4 is 5.32 Å². The first kappa shape index (κ1) is 17.5. The molecule has 6 heteroatoms. The number of benzene rings is 1. The summed E-state index contributed by atoms with van der Waals surface area (Å²) in [4.78, 5) is 6.34. The van der Waals surface area contributed by atoms with Crippen LogP contribution in [0.3, 0.4) is 0 Å². The van der Waals surface area contributed by atoms with Gasteiger partial charge in [0.1, 0.15) is 0 Å². The van der Waals surface area contributed by atoms with E-state index < -0.39 is 0 Å². The van der Waals surface area contributed by atoms with Crippen LogP contribution in [0.4, 0.5) is 5.69 Å². The molecule has 0 unspecified atom stereocenters. The normalized spacial score (nSPS) is 14.6. The minimum Gasteiger partial charge on any atom is -0.342 e. The fraction of sp³-hybridized carbons (Fsp3) is 0.333. The van der Waals surface area contributed by atoms with Gasteiger partial charge in [0.05, 0.1) is 10.7 Å². The van der Waals surface area contributed by atoms with E-state index in [0.717, 1.165) is 25.1 Å². The Morgan fingerprint density at radius 2 is 1.88 bits per heavy atom. The van der Waals surface area contributed by atoms with Gasteiger partial charge in [-0.3, -0.25) is 4.98 Å². The molecule has 0 aliphatic heterocycles. The van der Waals surface area contributed by atoms with Crippen molar-refractivity contribution in [1.82, 2.24) is 9.88 Å². The van der Waals surface area contributed by atoms with E-state index in [1.807, 2.05) is 24.5 Å². The molecule has 24 heavy (non-hydrogen) atoms. The van der Waals surface area contributed by atoms with Gasteiger partial charge in [0.25, 0.3) is 0 Å². The van der Waals surface area contributed by atoms with Gasteiger partial charge in [-0.1, -0.05) is 36.0 Å². The molecule has 126 valence electrons. The number of pyridine rings is 1. The maximum Gasteiger partial charge on any atom is 0.174 e. The van der Waals surface area contributed by atoms with Crippen LogP contribution >= 0.6 is 35.4 Å². The molecule has 1 aromatic carbocycles. The highest BCUT2D eigenvalue weighted by Gasteiger charge is 2.25. The molecule has 3 rings (SSSR count). The van der Waals surface area contributed by atoms with Crippen molar-refractivity contribution >= 4 is 46.2 Å². The van der Waals surface area contributed by atoms with E-state index in [-0.39, 0.29) is 0 Å². The summed E-state index contributed by atoms with van der Waals surface area (Å²) in [5.41, 5.74) is 1.94. The average Bonchev–Trinajstić information content (AvgIpc) is 3.11. The second-order valence-corrected chi connectivity index (χ2v) is 7.21. The van der Waals surface area contributed by atoms with E-state index in [4.69, 9.17) is 35.4 Å². The largest absolute Gasteiger partial charge is 0.342 e. The molecule has 1 fully saturated rings. The summed E-state index contributed by atoms with van der Waals surface area (Å²) in [7, 11) is 0. The predicted molar refractivity (Wildman–Crippen MR) is 105 cm³/mol. The van der Waals surface area contributed by atoms with Crippen molar-refractivity contribution in [2.24, 2.45) is 0 Å². The number of nitrogens with one attached hydrogen (secondary N) is 1. The molecule has 0 saturated heterocycles. The molecule has 0 amide bonds. The summed E-state index contributed by atoms with van der Waals surface area (Å²) >= 11 is 18.0. The summed E-state index contributed by atoms with van der Waals surface area (Å²) in [6.45, 7) is 0.761. The molecule has 1 aliphatic rings. The van der Waals surface area contributed by atoms with Crippen molar-refractivity contribution < 1.29 is 0 Å². The molecule has 1 N–H and O–H groups in total. The quantitative estimate of drug-likeness (QED) is 0.706. The summed E-state index contributed by atoms with van der Waals surface area (Å²) in [6, 6.07) is 9.85. The first-order valence-corrected chi connectivity index (χ1v) is 9.21. The number of halogens is 2. The lowest BCUT2D eigenvalue weighted by molar-refractivity contribution is 0.312. The molecule has 0 atom stereocenters. The Labute approximate surface area is 158 Å². The maximum absolute atomic E-state index is 6.26. The Bertz CT molecular complexity index is 703. The lowest BCUT2D eigenvalue weighted by Gasteiger charge is -2.32. The van der Waals surface area contributed by atoms with Crippen LogP contribution in [0.2, 0.25) is 10.0 Å². The van der Waals surface area contributed by atoms with Crippen LogP contribution in [0.15, 0.2) is 42.7 Å². The Balaban J connectivity index is 1.79. The van der Waals surface area contributed by atoms with Gasteiger partial charge >= 0.3 is 0 Å². The topological polar surface area (TPSA) is 28.2 Å². The first-order valence-electron chi connectivity index (χ1n) is 8.05. The van der Waals surface area contributed by atoms with E-state index in [2.05, 4.69) is 15.2 Å². The molecule has 3 nitrogen and oxygen atoms in total. The summed E-state index contributed by atoms with van der Waals surface area (Å²) in [5.74, 6) is 0. The highest BCUT2D eigenvalue weighted by atomic mass is 35.5. The third-order valence-electron chi connectivity index (χ3n) is 4.30. The number of thiocarbonyl (C=S) groups is 1. The standard InChI is InChI=1S/C18H19Cl2N3S/c19-14-5-6-16(20)17(11-14)22-18(24)23(15-3-1-2-4-15)12-13-7-9-21-10-8-13/h5-11,15H,1-4,12H2,(H,22,24). The minimum atomic E-state index is 0.455. The molecule has 1 aliphatic carbocycles. The van der Waals surface area contributed by atoms with Gasteiger partial charge < -0.3 is 10.2 Å². The molecular weight excluding hydrogens is 361 g/mol. The predicted octanol–water partition coefficient (Wildman–Crippen LogP) is 5.53. The van der Waals surface area contributed by atoms with Gasteiger partial charge in [-0.25, -0.2) is 0 Å². The van der Waals surface area contributed by atoms with Crippen LogP contribution in [0.5, 0.6) is 0 Å². The molecule has 0 spiro atoms. The average molecular weight is 380 g/mol. The molecule has 1 heterocycles. The number of hydrogen-bond acceptors (Lipinski definition) is 2. The van der Waals surface area contributed by atoms with Crippen LogP contribution in [0.1, 0.15) is 31.2 Å². The van der Waals surface area contributed by atoms with Gasteiger partial charge in [0.2, 0.25) is 0 Å². The van der Waals surface area contributed by atoms with Crippen molar-refractivity contribution in [1.29, 1.82) is 0 Å². The smallest absolute Gasteiger partial charge is 0.174 e. The summed E-state index contributed by atoms with van der Waals surface area (Å²) < 4.78 is 0. The van der Waals surface area contributed by atoms with Gasteiger partial charge in [0, 0.05) is 30.0 Å². The molecule has 1 aromatic heterocycles. The number of hydrogen-bond donors (Lipinski definition) is 1. The fourth-order valence-corrected chi connectivity index (χ4v) is 3.71. The zero-order chi connectivity index (χ0) is 16.9. The Morgan fingerprint density at radius 1 is 1.17 bits per heavy atom. The molecule has 1 saturated carbocycles. The van der Waals surface area contributed by atoms with E-state index in [9.17, 15) is 0 Å². The van der Waals surface area contributed by atoms with Crippen LogP contribution in [-0.2, 0) is 6.54 Å². The Hall–Kier alpha value is -1.36. The van der Waals surface area contributed by atoms with Crippen molar-refractivity contribution in [3.8, 4) is 0 Å². The number of aromatic nitrogens is 1. The van der Waals surface area contributed by atoms with E-state index in [0.29, 0.717) is 21.2 Å². The third-order valence-corrected chi connectivity index (χ3v) is 5.20. The number of anilines is 1. The number of nitrogens with zero attached hydrogens (tertiary/aromatic N) is 2. The van der Waals surface area contributed by atoms with Crippen molar-refractivity contribution in [3.63, 3.8) is 0 Å². The van der Waals surface area contributed by atoms with Crippen molar-refractivity contribution in [2.75, 3.05) is 5.32 Å². The van der Waals surface area contributed by atoms with Gasteiger partial charge in [-0.15, -0.1) is 0 Å². The van der Waals surface area contributed by atoms with Crippen LogP contribution in [-0.4, -0.2) is 21.0 Å². The Morgan fingerprint density at radius 3 is 2.58 bits per heavy atom. The highest BCUT2D eigenvalue weighted by Crippen LogP contribution is 2.29. The molecular formula is C18H19Cl2N3S. The fourth-order valence-electron chi connectivity index (χ4n) is 3.05. The third kappa shape index (κ3) is 4.38. The lowest BCUT2D eigenvalue weighted by Crippen LogP contribution is -2.41. The van der Waals surface area contributed by atoms with Gasteiger partial charge in [-0.05, 0) is 61.0 Å². The lowest BCUT2D eigenvalue weighted by atomic mass is 10.2. The van der Waals surface area contributed by atoms with E-state index in [1.165, 1.54) is 18.4 Å². The molecule has 0 bridgehead atoms. The summed E-state index contributed by atoms with van der Waals surface area (Å²) in [6.07, 6.45) is 8.45. The molecule has 0 radical (unpaired) electrons. The zero-order valence-electron chi connectivity index (χ0n) is 13.2. The summed E-state index contributed by atoms with van der Waals surface area (Å²) in [5, 5.41) is 5.20.